The molecule has 166 valence electrons. The highest BCUT2D eigenvalue weighted by molar-refractivity contribution is 5.83. The third kappa shape index (κ3) is 4.42. The molecule has 0 bridgehead atoms. The Balaban J connectivity index is 1.22. The van der Waals surface area contributed by atoms with Crippen molar-refractivity contribution >= 4 is 11.5 Å². The highest BCUT2D eigenvalue weighted by atomic mass is 16.1. The summed E-state index contributed by atoms with van der Waals surface area (Å²) in [6, 6.07) is 0.758. The fourth-order valence-electron chi connectivity index (χ4n) is 5.86. The van der Waals surface area contributed by atoms with Crippen molar-refractivity contribution in [1.82, 2.24) is 14.9 Å². The number of piperazine rings is 1. The van der Waals surface area contributed by atoms with E-state index < -0.39 is 0 Å². The zero-order chi connectivity index (χ0) is 21.3. The largest absolute Gasteiger partial charge is 0.366 e. The first-order valence-corrected chi connectivity index (χ1v) is 12.3. The number of aromatic nitrogens is 2. The molecule has 3 aliphatic rings. The van der Waals surface area contributed by atoms with Crippen LogP contribution in [0.15, 0.2) is 12.4 Å². The molecule has 30 heavy (non-hydrogen) atoms. The van der Waals surface area contributed by atoms with Crippen LogP contribution >= 0.6 is 0 Å². The minimum absolute atomic E-state index is 0.251. The van der Waals surface area contributed by atoms with Gasteiger partial charge in [-0.05, 0) is 50.4 Å². The summed E-state index contributed by atoms with van der Waals surface area (Å²) in [5.41, 5.74) is 1.71. The van der Waals surface area contributed by atoms with Crippen molar-refractivity contribution in [2.45, 2.75) is 84.6 Å². The second-order valence-corrected chi connectivity index (χ2v) is 10.5. The average Bonchev–Trinajstić information content (AvgIpc) is 2.76. The first-order chi connectivity index (χ1) is 14.4. The van der Waals surface area contributed by atoms with E-state index >= 15 is 0 Å². The number of hydrogen-bond donors (Lipinski definition) is 0. The average molecular weight is 413 g/mol. The van der Waals surface area contributed by atoms with E-state index in [9.17, 15) is 4.79 Å². The van der Waals surface area contributed by atoms with Gasteiger partial charge in [0.2, 0.25) is 0 Å². The molecule has 0 amide bonds. The molecule has 1 saturated heterocycles. The third-order valence-corrected chi connectivity index (χ3v) is 8.25. The van der Waals surface area contributed by atoms with Crippen LogP contribution in [-0.2, 0) is 4.79 Å². The first kappa shape index (κ1) is 21.7. The Hall–Kier alpha value is -1.49. The van der Waals surface area contributed by atoms with Gasteiger partial charge in [0.05, 0.1) is 18.1 Å². The lowest BCUT2D eigenvalue weighted by Gasteiger charge is -2.56. The van der Waals surface area contributed by atoms with Gasteiger partial charge in [0.15, 0.2) is 0 Å². The lowest BCUT2D eigenvalue weighted by molar-refractivity contribution is -0.129. The normalized spacial score (nSPS) is 31.0. The zero-order valence-corrected chi connectivity index (χ0v) is 19.4. The Labute approximate surface area is 182 Å². The smallest absolute Gasteiger partial charge is 0.138 e. The van der Waals surface area contributed by atoms with Crippen molar-refractivity contribution in [1.29, 1.82) is 0 Å². The molecule has 1 unspecified atom stereocenters. The van der Waals surface area contributed by atoms with Gasteiger partial charge in [0.25, 0.3) is 0 Å². The van der Waals surface area contributed by atoms with Gasteiger partial charge in [0.1, 0.15) is 11.6 Å². The highest BCUT2D eigenvalue weighted by Gasteiger charge is 2.49. The van der Waals surface area contributed by atoms with Crippen LogP contribution in [0, 0.1) is 17.3 Å². The van der Waals surface area contributed by atoms with Crippen molar-refractivity contribution in [2.75, 3.05) is 31.1 Å². The number of anilines is 1. The van der Waals surface area contributed by atoms with Gasteiger partial charge < -0.3 is 4.90 Å². The Morgan fingerprint density at radius 3 is 2.20 bits per heavy atom. The Morgan fingerprint density at radius 2 is 1.67 bits per heavy atom. The maximum atomic E-state index is 12.5. The van der Waals surface area contributed by atoms with E-state index in [1.165, 1.54) is 25.7 Å². The molecule has 0 aromatic carbocycles. The lowest BCUT2D eigenvalue weighted by Crippen LogP contribution is -2.57. The summed E-state index contributed by atoms with van der Waals surface area (Å²) in [6.45, 7) is 12.9. The van der Waals surface area contributed by atoms with Crippen molar-refractivity contribution in [2.24, 2.45) is 17.3 Å². The summed E-state index contributed by atoms with van der Waals surface area (Å²) in [5, 5.41) is 0. The summed E-state index contributed by atoms with van der Waals surface area (Å²) in [7, 11) is 0. The Morgan fingerprint density at radius 1 is 1.07 bits per heavy atom. The van der Waals surface area contributed by atoms with Crippen LogP contribution in [0.2, 0.25) is 0 Å². The van der Waals surface area contributed by atoms with Crippen LogP contribution in [0.3, 0.4) is 0 Å². The minimum atomic E-state index is 0.251. The molecule has 1 spiro atoms. The summed E-state index contributed by atoms with van der Waals surface area (Å²) in [5.74, 6) is 2.44. The molecule has 4 rings (SSSR count). The van der Waals surface area contributed by atoms with E-state index in [0.717, 1.165) is 63.0 Å². The first-order valence-electron chi connectivity index (χ1n) is 12.3. The molecule has 5 heteroatoms. The van der Waals surface area contributed by atoms with E-state index in [-0.39, 0.29) is 5.92 Å². The second-order valence-electron chi connectivity index (χ2n) is 10.5. The molecule has 2 heterocycles. The second kappa shape index (κ2) is 8.94. The summed E-state index contributed by atoms with van der Waals surface area (Å²) < 4.78 is 0. The Kier molecular flexibility index (Phi) is 6.47. The maximum absolute atomic E-state index is 12.5. The number of ketones is 1. The van der Waals surface area contributed by atoms with Gasteiger partial charge in [0, 0.05) is 50.0 Å². The molecular weight excluding hydrogens is 372 g/mol. The van der Waals surface area contributed by atoms with Crippen LogP contribution in [0.1, 0.15) is 84.4 Å². The molecule has 0 N–H and O–H groups in total. The zero-order valence-electron chi connectivity index (χ0n) is 19.4. The molecule has 0 radical (unpaired) electrons. The molecule has 1 aromatic rings. The fourth-order valence-corrected chi connectivity index (χ4v) is 5.86. The van der Waals surface area contributed by atoms with Gasteiger partial charge in [-0.2, -0.15) is 0 Å². The van der Waals surface area contributed by atoms with E-state index in [1.54, 1.807) is 0 Å². The van der Waals surface area contributed by atoms with E-state index in [4.69, 9.17) is 0 Å². The number of carbonyl (C=O) groups is 1. The quantitative estimate of drug-likeness (QED) is 0.679. The van der Waals surface area contributed by atoms with Crippen LogP contribution in [-0.4, -0.2) is 52.9 Å². The standard InChI is InChI=1S/C25H40N4O/c1-5-19(4)23(30)20-6-8-25(9-7-20)14-21(15-25)28-10-12-29(13-11-28)22-16-26-24(18(2)3)27-17-22/h16-21H,5-15H2,1-4H3. The number of rotatable bonds is 6. The molecule has 1 atom stereocenters. The van der Waals surface area contributed by atoms with Crippen molar-refractivity contribution in [3.05, 3.63) is 18.2 Å². The topological polar surface area (TPSA) is 49.3 Å². The summed E-state index contributed by atoms with van der Waals surface area (Å²) in [6.07, 6.45) is 12.5. The highest BCUT2D eigenvalue weighted by Crippen LogP contribution is 2.54. The van der Waals surface area contributed by atoms with Crippen molar-refractivity contribution < 1.29 is 4.79 Å². The molecule has 2 saturated carbocycles. The predicted molar refractivity (Wildman–Crippen MR) is 122 cm³/mol. The van der Waals surface area contributed by atoms with Crippen LogP contribution in [0.4, 0.5) is 5.69 Å². The van der Waals surface area contributed by atoms with Gasteiger partial charge in [-0.25, -0.2) is 9.97 Å². The van der Waals surface area contributed by atoms with Gasteiger partial charge in [-0.3, -0.25) is 9.69 Å². The third-order valence-electron chi connectivity index (χ3n) is 8.25. The van der Waals surface area contributed by atoms with Crippen LogP contribution in [0.5, 0.6) is 0 Å². The fraction of sp³-hybridized carbons (Fsp3) is 0.800. The van der Waals surface area contributed by atoms with E-state index in [1.807, 2.05) is 12.4 Å². The number of hydrogen-bond acceptors (Lipinski definition) is 5. The number of Topliss-reactive ketones (excluding diaryl/α,β-unsaturated/α-hetero) is 1. The number of nitrogens with zero attached hydrogens (tertiary/aromatic N) is 4. The van der Waals surface area contributed by atoms with Crippen molar-refractivity contribution in [3.8, 4) is 0 Å². The molecular formula is C25H40N4O. The number of carbonyl (C=O) groups excluding carboxylic acids is 1. The summed E-state index contributed by atoms with van der Waals surface area (Å²) >= 11 is 0. The van der Waals surface area contributed by atoms with Gasteiger partial charge in [-0.1, -0.05) is 27.7 Å². The monoisotopic (exact) mass is 412 g/mol. The Bertz CT molecular complexity index is 707. The molecule has 3 fully saturated rings. The minimum Gasteiger partial charge on any atom is -0.366 e. The maximum Gasteiger partial charge on any atom is 0.138 e. The lowest BCUT2D eigenvalue weighted by atomic mass is 9.56. The SMILES string of the molecule is CCC(C)C(=O)C1CCC2(CC1)CC(N1CCN(c3cnc(C(C)C)nc3)CC1)C2. The molecule has 1 aliphatic heterocycles. The molecule has 5 nitrogen and oxygen atoms in total. The summed E-state index contributed by atoms with van der Waals surface area (Å²) in [4.78, 5) is 26.7. The van der Waals surface area contributed by atoms with Crippen LogP contribution < -0.4 is 4.90 Å². The van der Waals surface area contributed by atoms with E-state index in [0.29, 0.717) is 23.0 Å². The van der Waals surface area contributed by atoms with Gasteiger partial charge >= 0.3 is 0 Å². The molecule has 2 aliphatic carbocycles. The van der Waals surface area contributed by atoms with Gasteiger partial charge in [-0.15, -0.1) is 0 Å². The predicted octanol–water partition coefficient (Wildman–Crippen LogP) is 4.68. The van der Waals surface area contributed by atoms with Crippen LogP contribution in [0.25, 0.3) is 0 Å². The van der Waals surface area contributed by atoms with E-state index in [2.05, 4.69) is 47.5 Å². The molecule has 1 aromatic heterocycles. The van der Waals surface area contributed by atoms with Crippen molar-refractivity contribution in [3.63, 3.8) is 0 Å².